The van der Waals surface area contributed by atoms with Crippen LogP contribution >= 0.6 is 0 Å². The fourth-order valence-corrected chi connectivity index (χ4v) is 3.54. The van der Waals surface area contributed by atoms with E-state index in [1.54, 1.807) is 14.0 Å². The number of nitrogens with zero attached hydrogens (tertiary/aromatic N) is 1. The van der Waals surface area contributed by atoms with Crippen LogP contribution in [0.5, 0.6) is 5.75 Å². The molecule has 0 aliphatic carbocycles. The van der Waals surface area contributed by atoms with Crippen molar-refractivity contribution >= 4 is 11.7 Å². The molecule has 2 rings (SSSR count). The van der Waals surface area contributed by atoms with Crippen molar-refractivity contribution in [1.29, 1.82) is 0 Å². The Bertz CT molecular complexity index is 958. The molecular weight excluding hydrogens is 412 g/mol. The lowest BCUT2D eigenvalue weighted by Crippen LogP contribution is -2.65. The van der Waals surface area contributed by atoms with Gasteiger partial charge in [0, 0.05) is 16.7 Å². The average Bonchev–Trinajstić information content (AvgIpc) is 2.79. The van der Waals surface area contributed by atoms with E-state index in [2.05, 4.69) is 31.1 Å². The maximum absolute atomic E-state index is 13.3. The van der Waals surface area contributed by atoms with Crippen LogP contribution in [0.4, 0.5) is 0 Å². The van der Waals surface area contributed by atoms with Gasteiger partial charge in [-0.25, -0.2) is 4.99 Å². The van der Waals surface area contributed by atoms with Crippen LogP contribution in [0, 0.1) is 5.41 Å². The molecule has 0 aromatic heterocycles. The Morgan fingerprint density at radius 3 is 2.09 bits per heavy atom. The highest BCUT2D eigenvalue weighted by Gasteiger charge is 2.42. The lowest BCUT2D eigenvalue weighted by Gasteiger charge is -2.34. The van der Waals surface area contributed by atoms with Gasteiger partial charge in [0.15, 0.2) is 5.66 Å². The van der Waals surface area contributed by atoms with Crippen molar-refractivity contribution in [3.8, 4) is 5.75 Å². The van der Waals surface area contributed by atoms with Gasteiger partial charge in [0.2, 0.25) is 0 Å². The van der Waals surface area contributed by atoms with E-state index in [1.807, 2.05) is 81.4 Å². The molecule has 0 saturated heterocycles. The van der Waals surface area contributed by atoms with E-state index in [1.165, 1.54) is 0 Å². The molecule has 1 unspecified atom stereocenters. The molecule has 0 bridgehead atoms. The summed E-state index contributed by atoms with van der Waals surface area (Å²) >= 11 is 0. The molecule has 0 aliphatic rings. The van der Waals surface area contributed by atoms with Gasteiger partial charge in [-0.05, 0) is 25.5 Å². The van der Waals surface area contributed by atoms with Gasteiger partial charge < -0.3 is 21.5 Å². The zero-order valence-electron chi connectivity index (χ0n) is 21.3. The largest absolute Gasteiger partial charge is 0.496 e. The van der Waals surface area contributed by atoms with Gasteiger partial charge in [0.1, 0.15) is 11.6 Å². The van der Waals surface area contributed by atoms with Crippen molar-refractivity contribution in [2.75, 3.05) is 7.11 Å². The first kappa shape index (κ1) is 28.1. The predicted molar refractivity (Wildman–Crippen MR) is 138 cm³/mol. The van der Waals surface area contributed by atoms with Gasteiger partial charge in [-0.1, -0.05) is 89.2 Å². The van der Waals surface area contributed by atoms with Crippen LogP contribution in [0.1, 0.15) is 65.5 Å². The smallest absolute Gasteiger partial charge is 0.260 e. The number of nitrogens with one attached hydrogen (secondary N) is 1. The Morgan fingerprint density at radius 1 is 1.03 bits per heavy atom. The van der Waals surface area contributed by atoms with E-state index in [9.17, 15) is 4.79 Å². The number of hydrogen-bond acceptors (Lipinski definition) is 5. The number of rotatable bonds is 6. The van der Waals surface area contributed by atoms with Crippen LogP contribution in [-0.2, 0) is 4.79 Å². The van der Waals surface area contributed by atoms with Crippen LogP contribution < -0.4 is 21.5 Å². The molecule has 6 heteroatoms. The molecular formula is C27H40N4O2. The standard InChI is InChI=1S/C25H34N4O2.C2H6/c1-7-21(24(3,4)5)28-17(2)29-23(30)25(26,27)22(18-13-9-8-10-14-18)19-15-11-12-16-20(19)31-6;1-2/h7-16,22H,26-27H2,1-6H3,(H,28,29,30);1-2H3/b21-7-;. The van der Waals surface area contributed by atoms with Crippen LogP contribution in [-0.4, -0.2) is 24.5 Å². The summed E-state index contributed by atoms with van der Waals surface area (Å²) in [4.78, 5) is 17.8. The van der Waals surface area contributed by atoms with Crippen LogP contribution in [0.25, 0.3) is 0 Å². The second-order valence-corrected chi connectivity index (χ2v) is 8.59. The van der Waals surface area contributed by atoms with Crippen molar-refractivity contribution in [1.82, 2.24) is 5.32 Å². The second kappa shape index (κ2) is 12.3. The van der Waals surface area contributed by atoms with Crippen molar-refractivity contribution in [2.24, 2.45) is 21.9 Å². The Kier molecular flexibility index (Phi) is 10.5. The highest BCUT2D eigenvalue weighted by Crippen LogP contribution is 2.36. The normalized spacial score (nSPS) is 13.5. The maximum atomic E-state index is 13.3. The van der Waals surface area contributed by atoms with E-state index in [-0.39, 0.29) is 5.41 Å². The summed E-state index contributed by atoms with van der Waals surface area (Å²) < 4.78 is 5.53. The Hall–Kier alpha value is -2.96. The number of aliphatic imine (C=N–C) groups is 1. The summed E-state index contributed by atoms with van der Waals surface area (Å²) in [5, 5.41) is 2.79. The van der Waals surface area contributed by atoms with Crippen LogP contribution in [0.15, 0.2) is 71.4 Å². The number of carbonyl (C=O) groups is 1. The minimum atomic E-state index is -1.76. The zero-order chi connectivity index (χ0) is 25.2. The van der Waals surface area contributed by atoms with Crippen LogP contribution in [0.3, 0.4) is 0 Å². The fraction of sp³-hybridized carbons (Fsp3) is 0.407. The number of nitrogens with two attached hydrogens (primary N) is 2. The first-order chi connectivity index (χ1) is 15.5. The summed E-state index contributed by atoms with van der Waals surface area (Å²) in [6.45, 7) is 13.8. The molecule has 0 aliphatic heterocycles. The van der Waals surface area contributed by atoms with Crippen LogP contribution in [0.2, 0.25) is 0 Å². The van der Waals surface area contributed by atoms with Gasteiger partial charge in [0.05, 0.1) is 13.0 Å². The number of methoxy groups -OCH3 is 1. The number of hydrogen-bond donors (Lipinski definition) is 3. The molecule has 2 aromatic carbocycles. The predicted octanol–water partition coefficient (Wildman–Crippen LogP) is 4.95. The highest BCUT2D eigenvalue weighted by molar-refractivity contribution is 6.02. The van der Waals surface area contributed by atoms with Crippen molar-refractivity contribution in [3.63, 3.8) is 0 Å². The minimum absolute atomic E-state index is 0.159. The van der Waals surface area contributed by atoms with Crippen molar-refractivity contribution < 1.29 is 9.53 Å². The minimum Gasteiger partial charge on any atom is -0.496 e. The number of carbonyl (C=O) groups excluding carboxylic acids is 1. The zero-order valence-corrected chi connectivity index (χ0v) is 21.3. The second-order valence-electron chi connectivity index (χ2n) is 8.59. The average molecular weight is 453 g/mol. The molecule has 180 valence electrons. The summed E-state index contributed by atoms with van der Waals surface area (Å²) in [6, 6.07) is 16.9. The number of amidine groups is 1. The molecule has 0 fully saturated rings. The SMILES string of the molecule is C/C=C(\N=C(C)NC(=O)C(N)(N)C(c1ccccc1)c1ccccc1OC)C(C)(C)C.CC. The molecule has 0 spiro atoms. The summed E-state index contributed by atoms with van der Waals surface area (Å²) in [5.41, 5.74) is 13.5. The Balaban J connectivity index is 0.00000265. The summed E-state index contributed by atoms with van der Waals surface area (Å²) in [7, 11) is 1.58. The molecule has 1 atom stereocenters. The van der Waals surface area contributed by atoms with Crippen molar-refractivity contribution in [3.05, 3.63) is 77.5 Å². The molecule has 0 saturated carbocycles. The van der Waals surface area contributed by atoms with E-state index < -0.39 is 17.5 Å². The van der Waals surface area contributed by atoms with Gasteiger partial charge in [0.25, 0.3) is 5.91 Å². The number of benzene rings is 2. The van der Waals surface area contributed by atoms with E-state index >= 15 is 0 Å². The first-order valence-corrected chi connectivity index (χ1v) is 11.3. The fourth-order valence-electron chi connectivity index (χ4n) is 3.54. The van der Waals surface area contributed by atoms with Gasteiger partial charge in [-0.15, -0.1) is 0 Å². The summed E-state index contributed by atoms with van der Waals surface area (Å²) in [5.74, 6) is -0.127. The quantitative estimate of drug-likeness (QED) is 0.328. The van der Waals surface area contributed by atoms with Gasteiger partial charge in [-0.2, -0.15) is 0 Å². The molecule has 2 aromatic rings. The molecule has 1 amide bonds. The molecule has 5 N–H and O–H groups in total. The monoisotopic (exact) mass is 452 g/mol. The third-order valence-corrected chi connectivity index (χ3v) is 5.08. The van der Waals surface area contributed by atoms with E-state index in [0.29, 0.717) is 11.6 Å². The van der Waals surface area contributed by atoms with E-state index in [0.717, 1.165) is 16.8 Å². The molecule has 0 heterocycles. The number of para-hydroxylation sites is 1. The number of ether oxygens (including phenoxy) is 1. The van der Waals surface area contributed by atoms with Gasteiger partial charge in [-0.3, -0.25) is 4.79 Å². The van der Waals surface area contributed by atoms with E-state index in [4.69, 9.17) is 16.2 Å². The Morgan fingerprint density at radius 2 is 1.58 bits per heavy atom. The number of amides is 1. The highest BCUT2D eigenvalue weighted by atomic mass is 16.5. The Labute approximate surface area is 199 Å². The number of allylic oxidation sites excluding steroid dienone is 2. The third-order valence-electron chi connectivity index (χ3n) is 5.08. The molecule has 0 radical (unpaired) electrons. The first-order valence-electron chi connectivity index (χ1n) is 11.3. The van der Waals surface area contributed by atoms with Gasteiger partial charge >= 0.3 is 0 Å². The van der Waals surface area contributed by atoms with Crippen molar-refractivity contribution in [2.45, 2.75) is 60.0 Å². The third kappa shape index (κ3) is 7.27. The molecule has 33 heavy (non-hydrogen) atoms. The molecule has 6 nitrogen and oxygen atoms in total. The lowest BCUT2D eigenvalue weighted by molar-refractivity contribution is -0.125. The maximum Gasteiger partial charge on any atom is 0.260 e. The lowest BCUT2D eigenvalue weighted by atomic mass is 9.80. The summed E-state index contributed by atoms with van der Waals surface area (Å²) in [6.07, 6.45) is 1.93. The topological polar surface area (TPSA) is 103 Å².